The molecule has 0 atom stereocenters. The Morgan fingerprint density at radius 3 is 1.91 bits per heavy atom. The van der Waals surface area contributed by atoms with E-state index >= 15 is 0 Å². The predicted molar refractivity (Wildman–Crippen MR) is 108 cm³/mol. The molecule has 0 aromatic heterocycles. The first-order chi connectivity index (χ1) is 11.0. The lowest BCUT2D eigenvalue weighted by atomic mass is 9.99. The smallest absolute Gasteiger partial charge is 0.0101 e. The Hall–Kier alpha value is 0.130. The minimum absolute atomic E-state index is 0.0503. The van der Waals surface area contributed by atoms with Crippen LogP contribution in [0.1, 0.15) is 85.0 Å². The van der Waals surface area contributed by atoms with E-state index < -0.39 is 0 Å². The van der Waals surface area contributed by atoms with Crippen LogP contribution in [0.4, 0.5) is 0 Å². The zero-order valence-corrected chi connectivity index (χ0v) is 17.0. The summed E-state index contributed by atoms with van der Waals surface area (Å²) in [6.07, 6.45) is 14.9. The third-order valence-corrected chi connectivity index (χ3v) is 10.3. The molecule has 0 aliphatic heterocycles. The van der Waals surface area contributed by atoms with Gasteiger partial charge in [0.2, 0.25) is 0 Å². The SMILES string of the molecule is CC(C)(C)Sc1[cH-]ccc1P(C1CCCCC1)C1CCCCC1. The van der Waals surface area contributed by atoms with Gasteiger partial charge in [-0.3, -0.25) is 0 Å². The van der Waals surface area contributed by atoms with E-state index in [-0.39, 0.29) is 7.92 Å². The maximum atomic E-state index is 2.50. The molecule has 0 radical (unpaired) electrons. The van der Waals surface area contributed by atoms with Gasteiger partial charge in [0.25, 0.3) is 0 Å². The van der Waals surface area contributed by atoms with Gasteiger partial charge in [-0.2, -0.15) is 17.4 Å². The zero-order chi connectivity index (χ0) is 16.3. The van der Waals surface area contributed by atoms with Crippen molar-refractivity contribution in [3.05, 3.63) is 18.2 Å². The molecule has 1 aromatic rings. The molecule has 0 unspecified atom stereocenters. The third-order valence-electron chi connectivity index (χ3n) is 5.38. The van der Waals surface area contributed by atoms with Crippen molar-refractivity contribution in [2.75, 3.05) is 0 Å². The molecule has 0 bridgehead atoms. The first-order valence-corrected chi connectivity index (χ1v) is 12.1. The highest BCUT2D eigenvalue weighted by Gasteiger charge is 2.30. The summed E-state index contributed by atoms with van der Waals surface area (Å²) >= 11 is 2.11. The molecule has 0 nitrogen and oxygen atoms in total. The molecule has 0 saturated heterocycles. The highest BCUT2D eigenvalue weighted by molar-refractivity contribution is 8.01. The van der Waals surface area contributed by atoms with Crippen LogP contribution in [0, 0.1) is 0 Å². The Kier molecular flexibility index (Phi) is 6.24. The lowest BCUT2D eigenvalue weighted by molar-refractivity contribution is 0.487. The van der Waals surface area contributed by atoms with Crippen LogP contribution in [0.25, 0.3) is 0 Å². The lowest BCUT2D eigenvalue weighted by Gasteiger charge is -2.43. The maximum Gasteiger partial charge on any atom is 0.0101 e. The van der Waals surface area contributed by atoms with E-state index in [1.807, 2.05) is 0 Å². The summed E-state index contributed by atoms with van der Waals surface area (Å²) in [5.74, 6) is 0. The first kappa shape index (κ1) is 17.9. The molecule has 23 heavy (non-hydrogen) atoms. The summed E-state index contributed by atoms with van der Waals surface area (Å²) in [6.45, 7) is 7.08. The Bertz CT molecular complexity index is 454. The van der Waals surface area contributed by atoms with Crippen molar-refractivity contribution in [1.29, 1.82) is 0 Å². The normalized spacial score (nSPS) is 21.9. The maximum absolute atomic E-state index is 2.50. The van der Waals surface area contributed by atoms with E-state index in [4.69, 9.17) is 0 Å². The summed E-state index contributed by atoms with van der Waals surface area (Å²) in [6, 6.07) is 7.25. The molecule has 1 aromatic carbocycles. The molecule has 0 amide bonds. The molecule has 3 rings (SSSR count). The summed E-state index contributed by atoms with van der Waals surface area (Å²) in [4.78, 5) is 1.61. The van der Waals surface area contributed by atoms with Crippen molar-refractivity contribution in [3.8, 4) is 0 Å². The summed E-state index contributed by atoms with van der Waals surface area (Å²) in [7, 11) is 0.0503. The van der Waals surface area contributed by atoms with Crippen molar-refractivity contribution >= 4 is 25.0 Å². The molecule has 2 saturated carbocycles. The molecular formula is C21H34PS-. The molecule has 2 heteroatoms. The number of thioether (sulfide) groups is 1. The van der Waals surface area contributed by atoms with Crippen LogP contribution in [0.15, 0.2) is 23.1 Å². The molecule has 2 fully saturated rings. The molecule has 0 heterocycles. The topological polar surface area (TPSA) is 0 Å². The van der Waals surface area contributed by atoms with Gasteiger partial charge in [-0.25, -0.2) is 6.07 Å². The zero-order valence-electron chi connectivity index (χ0n) is 15.3. The van der Waals surface area contributed by atoms with E-state index in [0.29, 0.717) is 4.75 Å². The van der Waals surface area contributed by atoms with E-state index in [2.05, 4.69) is 50.7 Å². The van der Waals surface area contributed by atoms with Gasteiger partial charge >= 0.3 is 0 Å². The highest BCUT2D eigenvalue weighted by Crippen LogP contribution is 2.56. The van der Waals surface area contributed by atoms with Crippen molar-refractivity contribution in [3.63, 3.8) is 0 Å². The largest absolute Gasteiger partial charge is 0.205 e. The van der Waals surface area contributed by atoms with Crippen LogP contribution in [-0.4, -0.2) is 16.1 Å². The quantitative estimate of drug-likeness (QED) is 0.318. The molecular weight excluding hydrogens is 315 g/mol. The van der Waals surface area contributed by atoms with Crippen molar-refractivity contribution in [2.24, 2.45) is 0 Å². The molecule has 2 aliphatic carbocycles. The Labute approximate surface area is 149 Å². The minimum Gasteiger partial charge on any atom is -0.205 e. The van der Waals surface area contributed by atoms with Crippen LogP contribution in [0.3, 0.4) is 0 Å². The van der Waals surface area contributed by atoms with Gasteiger partial charge in [0.05, 0.1) is 0 Å². The fraction of sp³-hybridized carbons (Fsp3) is 0.762. The van der Waals surface area contributed by atoms with Gasteiger partial charge in [0.1, 0.15) is 0 Å². The minimum atomic E-state index is 0.0503. The molecule has 130 valence electrons. The van der Waals surface area contributed by atoms with E-state index in [1.54, 1.807) is 10.2 Å². The van der Waals surface area contributed by atoms with Crippen LogP contribution in [-0.2, 0) is 0 Å². The fourth-order valence-corrected chi connectivity index (χ4v) is 9.68. The van der Waals surface area contributed by atoms with E-state index in [0.717, 1.165) is 11.3 Å². The van der Waals surface area contributed by atoms with Crippen LogP contribution >= 0.6 is 19.7 Å². The predicted octanol–water partition coefficient (Wildman–Crippen LogP) is 7.07. The van der Waals surface area contributed by atoms with E-state index in [9.17, 15) is 0 Å². The van der Waals surface area contributed by atoms with Gasteiger partial charge in [-0.1, -0.05) is 59.3 Å². The second-order valence-electron chi connectivity index (χ2n) is 8.48. The highest BCUT2D eigenvalue weighted by atomic mass is 32.2. The Morgan fingerprint density at radius 2 is 1.43 bits per heavy atom. The van der Waals surface area contributed by atoms with Crippen molar-refractivity contribution < 1.29 is 0 Å². The molecule has 2 aliphatic rings. The first-order valence-electron chi connectivity index (χ1n) is 9.78. The third kappa shape index (κ3) is 4.82. The number of hydrogen-bond donors (Lipinski definition) is 0. The van der Waals surface area contributed by atoms with Crippen LogP contribution in [0.2, 0.25) is 0 Å². The van der Waals surface area contributed by atoms with Crippen LogP contribution in [0.5, 0.6) is 0 Å². The Balaban J connectivity index is 1.86. The summed E-state index contributed by atoms with van der Waals surface area (Å²) in [5.41, 5.74) is 2.03. The second-order valence-corrected chi connectivity index (χ2v) is 13.1. The lowest BCUT2D eigenvalue weighted by Crippen LogP contribution is -2.26. The molecule has 0 N–H and O–H groups in total. The standard InChI is InChI=1S/C21H34PS/c1-21(2,3)23-20-16-10-15-19(20)22(17-11-6-4-7-12-17)18-13-8-5-9-14-18/h10,15-18H,4-9,11-14H2,1-3H3/q-1. The van der Waals surface area contributed by atoms with E-state index in [1.165, 1.54) is 64.2 Å². The van der Waals surface area contributed by atoms with Crippen molar-refractivity contribution in [2.45, 2.75) is 106 Å². The van der Waals surface area contributed by atoms with Gasteiger partial charge in [-0.15, -0.1) is 24.6 Å². The van der Waals surface area contributed by atoms with Crippen molar-refractivity contribution in [1.82, 2.24) is 0 Å². The van der Waals surface area contributed by atoms with Gasteiger partial charge < -0.3 is 0 Å². The Morgan fingerprint density at radius 1 is 0.913 bits per heavy atom. The number of rotatable bonds is 4. The summed E-state index contributed by atoms with van der Waals surface area (Å²) < 4.78 is 0.323. The monoisotopic (exact) mass is 349 g/mol. The average molecular weight is 350 g/mol. The van der Waals surface area contributed by atoms with Crippen LogP contribution < -0.4 is 5.30 Å². The average Bonchev–Trinajstić information content (AvgIpc) is 2.96. The van der Waals surface area contributed by atoms with Gasteiger partial charge in [0, 0.05) is 4.75 Å². The fourth-order valence-electron chi connectivity index (χ4n) is 4.43. The van der Waals surface area contributed by atoms with Gasteiger partial charge in [0.15, 0.2) is 0 Å². The number of hydrogen-bond acceptors (Lipinski definition) is 1. The molecule has 0 spiro atoms. The van der Waals surface area contributed by atoms with Gasteiger partial charge in [-0.05, 0) is 37.0 Å². The second kappa shape index (κ2) is 8.01. The summed E-state index contributed by atoms with van der Waals surface area (Å²) in [5, 5.41) is 1.78.